The Morgan fingerprint density at radius 1 is 1.47 bits per heavy atom. The summed E-state index contributed by atoms with van der Waals surface area (Å²) in [5, 5.41) is 13.5. The Kier molecular flexibility index (Phi) is 2.49. The number of benzene rings is 1. The van der Waals surface area contributed by atoms with Gasteiger partial charge in [-0.25, -0.2) is 0 Å². The number of fused-ring (bicyclic) bond motifs is 1. The number of hydrogen-bond acceptors (Lipinski definition) is 4. The van der Waals surface area contributed by atoms with Gasteiger partial charge in [0.05, 0.1) is 12.3 Å². The fraction of sp³-hybridized carbons (Fsp3) is 0.364. The molecule has 0 amide bonds. The molecule has 1 aliphatic heterocycles. The monoisotopic (exact) mass is 207 g/mol. The average Bonchev–Trinajstić information content (AvgIpc) is 2.25. The fourth-order valence-corrected chi connectivity index (χ4v) is 1.68. The molecule has 1 heterocycles. The third-order valence-corrected chi connectivity index (χ3v) is 2.47. The molecule has 4 nitrogen and oxygen atoms in total. The molecule has 1 aliphatic rings. The summed E-state index contributed by atoms with van der Waals surface area (Å²) in [6.45, 7) is 2.39. The average molecular weight is 207 g/mol. The molecule has 0 aliphatic carbocycles. The van der Waals surface area contributed by atoms with Gasteiger partial charge in [-0.1, -0.05) is 5.16 Å². The highest BCUT2D eigenvalue weighted by atomic mass is 16.6. The fourth-order valence-electron chi connectivity index (χ4n) is 1.68. The Labute approximate surface area is 88.1 Å². The minimum absolute atomic E-state index is 0.243. The molecule has 0 aromatic heterocycles. The molecule has 80 valence electrons. The highest BCUT2D eigenvalue weighted by molar-refractivity contribution is 6.04. The smallest absolute Gasteiger partial charge is 0.135 e. The van der Waals surface area contributed by atoms with E-state index in [1.165, 1.54) is 7.11 Å². The molecule has 15 heavy (non-hydrogen) atoms. The van der Waals surface area contributed by atoms with Crippen molar-refractivity contribution in [2.24, 2.45) is 5.16 Å². The van der Waals surface area contributed by atoms with Gasteiger partial charge < -0.3 is 14.7 Å². The standard InChI is InChI=1S/C11H13NO3/c1-7-10(13)4-3-8-9(12-14-2)5-6-15-11(7)8/h3-4,13H,5-6H2,1-2H3/b12-9+. The second-order valence-electron chi connectivity index (χ2n) is 3.41. The van der Waals surface area contributed by atoms with Gasteiger partial charge in [0.2, 0.25) is 0 Å². The number of oxime groups is 1. The first-order valence-corrected chi connectivity index (χ1v) is 4.80. The zero-order valence-corrected chi connectivity index (χ0v) is 8.78. The maximum atomic E-state index is 9.54. The van der Waals surface area contributed by atoms with Crippen LogP contribution in [0.4, 0.5) is 0 Å². The second kappa shape index (κ2) is 3.81. The van der Waals surface area contributed by atoms with E-state index in [0.717, 1.165) is 23.3 Å². The Hall–Kier alpha value is -1.71. The normalized spacial score (nSPS) is 17.1. The number of ether oxygens (including phenoxy) is 1. The molecular weight excluding hydrogens is 194 g/mol. The van der Waals surface area contributed by atoms with Crippen LogP contribution in [0.3, 0.4) is 0 Å². The quantitative estimate of drug-likeness (QED) is 0.715. The van der Waals surface area contributed by atoms with Gasteiger partial charge >= 0.3 is 0 Å². The lowest BCUT2D eigenvalue weighted by molar-refractivity contribution is 0.210. The Bertz CT molecular complexity index is 413. The Morgan fingerprint density at radius 2 is 2.27 bits per heavy atom. The maximum Gasteiger partial charge on any atom is 0.135 e. The summed E-state index contributed by atoms with van der Waals surface area (Å²) < 4.78 is 5.52. The van der Waals surface area contributed by atoms with Crippen molar-refractivity contribution in [2.75, 3.05) is 13.7 Å². The van der Waals surface area contributed by atoms with Crippen LogP contribution in [0.15, 0.2) is 17.3 Å². The zero-order valence-electron chi connectivity index (χ0n) is 8.78. The number of nitrogens with zero attached hydrogens (tertiary/aromatic N) is 1. The van der Waals surface area contributed by atoms with Crippen LogP contribution in [0.2, 0.25) is 0 Å². The van der Waals surface area contributed by atoms with Crippen LogP contribution in [0.1, 0.15) is 17.5 Å². The Morgan fingerprint density at radius 3 is 3.00 bits per heavy atom. The number of rotatable bonds is 1. The second-order valence-corrected chi connectivity index (χ2v) is 3.41. The molecular formula is C11H13NO3. The summed E-state index contributed by atoms with van der Waals surface area (Å²) >= 11 is 0. The number of phenolic OH excluding ortho intramolecular Hbond substituents is 1. The lowest BCUT2D eigenvalue weighted by atomic mass is 10.0. The third-order valence-electron chi connectivity index (χ3n) is 2.47. The summed E-state index contributed by atoms with van der Waals surface area (Å²) in [7, 11) is 1.52. The van der Waals surface area contributed by atoms with E-state index < -0.39 is 0 Å². The minimum Gasteiger partial charge on any atom is -0.508 e. The Balaban J connectivity index is 2.54. The molecule has 0 bridgehead atoms. The molecule has 1 aromatic rings. The van der Waals surface area contributed by atoms with E-state index in [1.807, 2.05) is 6.92 Å². The topological polar surface area (TPSA) is 51.0 Å². The molecule has 0 saturated carbocycles. The SMILES string of the molecule is CO/N=C1\CCOc2c1ccc(O)c2C. The van der Waals surface area contributed by atoms with Gasteiger partial charge in [-0.15, -0.1) is 0 Å². The van der Waals surface area contributed by atoms with Crippen molar-refractivity contribution in [1.29, 1.82) is 0 Å². The van der Waals surface area contributed by atoms with E-state index in [2.05, 4.69) is 5.16 Å². The molecule has 4 heteroatoms. The first kappa shape index (κ1) is 9.83. The zero-order chi connectivity index (χ0) is 10.8. The van der Waals surface area contributed by atoms with E-state index in [4.69, 9.17) is 9.57 Å². The van der Waals surface area contributed by atoms with Crippen LogP contribution >= 0.6 is 0 Å². The van der Waals surface area contributed by atoms with Crippen LogP contribution in [0.25, 0.3) is 0 Å². The van der Waals surface area contributed by atoms with Crippen molar-refractivity contribution in [3.8, 4) is 11.5 Å². The van der Waals surface area contributed by atoms with Gasteiger partial charge in [-0.05, 0) is 19.1 Å². The highest BCUT2D eigenvalue weighted by Crippen LogP contribution is 2.34. The number of phenols is 1. The van der Waals surface area contributed by atoms with Crippen LogP contribution < -0.4 is 4.74 Å². The molecule has 0 unspecified atom stereocenters. The van der Waals surface area contributed by atoms with Crippen molar-refractivity contribution in [3.05, 3.63) is 23.3 Å². The van der Waals surface area contributed by atoms with Gasteiger partial charge in [0.25, 0.3) is 0 Å². The lowest BCUT2D eigenvalue weighted by Crippen LogP contribution is -2.17. The van der Waals surface area contributed by atoms with Crippen molar-refractivity contribution < 1.29 is 14.7 Å². The van der Waals surface area contributed by atoms with Gasteiger partial charge in [-0.3, -0.25) is 0 Å². The molecule has 0 spiro atoms. The first-order chi connectivity index (χ1) is 7.24. The van der Waals surface area contributed by atoms with Crippen molar-refractivity contribution >= 4 is 5.71 Å². The lowest BCUT2D eigenvalue weighted by Gasteiger charge is -2.20. The number of hydrogen-bond donors (Lipinski definition) is 1. The largest absolute Gasteiger partial charge is 0.508 e. The predicted octanol–water partition coefficient (Wildman–Crippen LogP) is 1.83. The first-order valence-electron chi connectivity index (χ1n) is 4.80. The molecule has 1 aromatic carbocycles. The molecule has 0 fully saturated rings. The number of aromatic hydroxyl groups is 1. The highest BCUT2D eigenvalue weighted by Gasteiger charge is 2.20. The third kappa shape index (κ3) is 1.63. The van der Waals surface area contributed by atoms with Crippen molar-refractivity contribution in [2.45, 2.75) is 13.3 Å². The van der Waals surface area contributed by atoms with Crippen molar-refractivity contribution in [3.63, 3.8) is 0 Å². The van der Waals surface area contributed by atoms with E-state index in [-0.39, 0.29) is 5.75 Å². The van der Waals surface area contributed by atoms with Gasteiger partial charge in [0.1, 0.15) is 18.6 Å². The van der Waals surface area contributed by atoms with E-state index in [0.29, 0.717) is 12.4 Å². The van der Waals surface area contributed by atoms with Crippen molar-refractivity contribution in [1.82, 2.24) is 0 Å². The predicted molar refractivity (Wildman–Crippen MR) is 56.5 cm³/mol. The van der Waals surface area contributed by atoms with Crippen LogP contribution in [-0.2, 0) is 4.84 Å². The molecule has 2 rings (SSSR count). The van der Waals surface area contributed by atoms with Gasteiger partial charge in [0, 0.05) is 17.5 Å². The molecule has 0 atom stereocenters. The minimum atomic E-state index is 0.243. The summed E-state index contributed by atoms with van der Waals surface area (Å²) in [4.78, 5) is 4.78. The molecule has 1 N–H and O–H groups in total. The molecule has 0 saturated heterocycles. The maximum absolute atomic E-state index is 9.54. The van der Waals surface area contributed by atoms with E-state index in [9.17, 15) is 5.11 Å². The summed E-state index contributed by atoms with van der Waals surface area (Å²) in [5.41, 5.74) is 2.51. The summed E-state index contributed by atoms with van der Waals surface area (Å²) in [6.07, 6.45) is 0.727. The van der Waals surface area contributed by atoms with Crippen LogP contribution in [0, 0.1) is 6.92 Å². The molecule has 0 radical (unpaired) electrons. The van der Waals surface area contributed by atoms with Gasteiger partial charge in [-0.2, -0.15) is 0 Å². The summed E-state index contributed by atoms with van der Waals surface area (Å²) in [6, 6.07) is 3.45. The van der Waals surface area contributed by atoms with E-state index in [1.54, 1.807) is 12.1 Å². The van der Waals surface area contributed by atoms with E-state index >= 15 is 0 Å². The summed E-state index contributed by atoms with van der Waals surface area (Å²) in [5.74, 6) is 0.949. The van der Waals surface area contributed by atoms with Gasteiger partial charge in [0.15, 0.2) is 0 Å². The van der Waals surface area contributed by atoms with Crippen LogP contribution in [-0.4, -0.2) is 24.5 Å². The van der Waals surface area contributed by atoms with Crippen LogP contribution in [0.5, 0.6) is 11.5 Å².